The summed E-state index contributed by atoms with van der Waals surface area (Å²) in [7, 11) is 2.01. The fourth-order valence-electron chi connectivity index (χ4n) is 5.95. The van der Waals surface area contributed by atoms with Crippen molar-refractivity contribution in [3.05, 3.63) is 69.6 Å². The minimum atomic E-state index is -0.352. The quantitative estimate of drug-likeness (QED) is 0.760. The Morgan fingerprint density at radius 3 is 2.59 bits per heavy atom. The summed E-state index contributed by atoms with van der Waals surface area (Å²) in [6, 6.07) is 13.8. The molecule has 0 unspecified atom stereocenters. The van der Waals surface area contributed by atoms with Crippen molar-refractivity contribution in [3.8, 4) is 0 Å². The van der Waals surface area contributed by atoms with Gasteiger partial charge in [0.15, 0.2) is 0 Å². The highest BCUT2D eigenvalue weighted by atomic mass is 16.3. The predicted octanol–water partition coefficient (Wildman–Crippen LogP) is 2.67. The summed E-state index contributed by atoms with van der Waals surface area (Å²) in [4.78, 5) is 28.9. The van der Waals surface area contributed by atoms with Crippen molar-refractivity contribution in [2.24, 2.45) is 11.8 Å². The Morgan fingerprint density at radius 2 is 1.88 bits per heavy atom. The lowest BCUT2D eigenvalue weighted by Crippen LogP contribution is -2.45. The molecule has 1 saturated carbocycles. The lowest BCUT2D eigenvalue weighted by atomic mass is 9.86. The molecule has 0 spiro atoms. The Labute approximate surface area is 188 Å². The van der Waals surface area contributed by atoms with Crippen LogP contribution in [0.15, 0.2) is 47.3 Å². The summed E-state index contributed by atoms with van der Waals surface area (Å²) in [5.74, 6) is -0.521. The van der Waals surface area contributed by atoms with E-state index >= 15 is 0 Å². The molecule has 2 fully saturated rings. The van der Waals surface area contributed by atoms with E-state index in [-0.39, 0.29) is 48.0 Å². The molecule has 2 aliphatic heterocycles. The van der Waals surface area contributed by atoms with Crippen LogP contribution in [-0.4, -0.2) is 46.2 Å². The number of hydrogen-bond acceptors (Lipinski definition) is 4. The molecule has 2 N–H and O–H groups in total. The van der Waals surface area contributed by atoms with Crippen LogP contribution < -0.4 is 10.9 Å². The van der Waals surface area contributed by atoms with E-state index < -0.39 is 0 Å². The summed E-state index contributed by atoms with van der Waals surface area (Å²) < 4.78 is 1.82. The summed E-state index contributed by atoms with van der Waals surface area (Å²) in [5.41, 5.74) is 2.51. The molecule has 0 radical (unpaired) electrons. The molecule has 1 saturated heterocycles. The zero-order chi connectivity index (χ0) is 22.2. The molecule has 3 aliphatic rings. The second-order valence-corrected chi connectivity index (χ2v) is 9.41. The number of aliphatic hydroxyl groups is 1. The van der Waals surface area contributed by atoms with Gasteiger partial charge in [-0.2, -0.15) is 0 Å². The van der Waals surface area contributed by atoms with Crippen LogP contribution >= 0.6 is 0 Å². The van der Waals surface area contributed by atoms with E-state index in [1.165, 1.54) is 0 Å². The first-order valence-corrected chi connectivity index (χ1v) is 11.7. The van der Waals surface area contributed by atoms with E-state index in [1.807, 2.05) is 66.2 Å². The average Bonchev–Trinajstić information content (AvgIpc) is 3.37. The Balaban J connectivity index is 1.47. The van der Waals surface area contributed by atoms with Crippen LogP contribution in [0, 0.1) is 11.8 Å². The van der Waals surface area contributed by atoms with Crippen LogP contribution in [0.4, 0.5) is 0 Å². The number of aliphatic hydroxyl groups excluding tert-OH is 1. The third kappa shape index (κ3) is 3.61. The lowest BCUT2D eigenvalue weighted by molar-refractivity contribution is -0.128. The van der Waals surface area contributed by atoms with Gasteiger partial charge in [-0.3, -0.25) is 14.5 Å². The molecule has 1 aliphatic carbocycles. The van der Waals surface area contributed by atoms with E-state index in [0.29, 0.717) is 12.1 Å². The second kappa shape index (κ2) is 8.68. The summed E-state index contributed by atoms with van der Waals surface area (Å²) >= 11 is 0. The number of nitrogens with zero attached hydrogens (tertiary/aromatic N) is 2. The van der Waals surface area contributed by atoms with Crippen molar-refractivity contribution < 1.29 is 9.90 Å². The van der Waals surface area contributed by atoms with Gasteiger partial charge in [0, 0.05) is 42.4 Å². The van der Waals surface area contributed by atoms with E-state index in [1.54, 1.807) is 0 Å². The van der Waals surface area contributed by atoms with Gasteiger partial charge in [0.25, 0.3) is 5.56 Å². The van der Waals surface area contributed by atoms with Gasteiger partial charge >= 0.3 is 0 Å². The van der Waals surface area contributed by atoms with Gasteiger partial charge in [-0.25, -0.2) is 0 Å². The maximum atomic E-state index is 13.3. The molecule has 6 heteroatoms. The summed E-state index contributed by atoms with van der Waals surface area (Å²) in [5, 5.41) is 13.5. The van der Waals surface area contributed by atoms with Gasteiger partial charge in [-0.05, 0) is 43.7 Å². The molecule has 1 amide bonds. The number of rotatable bonds is 5. The number of aromatic nitrogens is 1. The van der Waals surface area contributed by atoms with Crippen molar-refractivity contribution in [2.75, 3.05) is 13.7 Å². The number of carbonyl (C=O) groups excluding carboxylic acids is 1. The van der Waals surface area contributed by atoms with Gasteiger partial charge in [0.05, 0.1) is 12.0 Å². The third-order valence-corrected chi connectivity index (χ3v) is 7.64. The number of carbonyl (C=O) groups is 1. The molecule has 6 nitrogen and oxygen atoms in total. The van der Waals surface area contributed by atoms with E-state index in [2.05, 4.69) is 10.2 Å². The zero-order valence-electron chi connectivity index (χ0n) is 18.5. The molecule has 32 heavy (non-hydrogen) atoms. The molecule has 2 bridgehead atoms. The van der Waals surface area contributed by atoms with Crippen LogP contribution in [0.3, 0.4) is 0 Å². The number of amides is 1. The lowest BCUT2D eigenvalue weighted by Gasteiger charge is -2.35. The fourth-order valence-corrected chi connectivity index (χ4v) is 5.95. The largest absolute Gasteiger partial charge is 0.396 e. The minimum Gasteiger partial charge on any atom is -0.396 e. The minimum absolute atomic E-state index is 0.0178. The van der Waals surface area contributed by atoms with Crippen LogP contribution in [0.1, 0.15) is 48.5 Å². The number of hydrogen-bond donors (Lipinski definition) is 2. The molecule has 5 rings (SSSR count). The Hall–Kier alpha value is -2.70. The van der Waals surface area contributed by atoms with E-state index in [4.69, 9.17) is 0 Å². The smallest absolute Gasteiger partial charge is 0.258 e. The number of benzene rings is 1. The van der Waals surface area contributed by atoms with Gasteiger partial charge in [0.2, 0.25) is 5.91 Å². The highest BCUT2D eigenvalue weighted by Crippen LogP contribution is 2.47. The topological polar surface area (TPSA) is 74.6 Å². The maximum absolute atomic E-state index is 13.3. The summed E-state index contributed by atoms with van der Waals surface area (Å²) in [6.07, 6.45) is 8.17. The Bertz CT molecular complexity index is 1070. The second-order valence-electron chi connectivity index (χ2n) is 9.41. The first-order chi connectivity index (χ1) is 15.6. The van der Waals surface area contributed by atoms with Gasteiger partial charge in [-0.1, -0.05) is 49.2 Å². The molecular formula is C26H31N3O3. The van der Waals surface area contributed by atoms with Crippen molar-refractivity contribution in [2.45, 2.75) is 50.4 Å². The van der Waals surface area contributed by atoms with Crippen LogP contribution in [0.5, 0.6) is 0 Å². The first kappa shape index (κ1) is 21.2. The fraction of sp³-hybridized carbons (Fsp3) is 0.462. The first-order valence-electron chi connectivity index (χ1n) is 11.7. The average molecular weight is 434 g/mol. The number of fused-ring (bicyclic) bond motifs is 4. The van der Waals surface area contributed by atoms with E-state index in [9.17, 15) is 14.7 Å². The molecular weight excluding hydrogens is 402 g/mol. The van der Waals surface area contributed by atoms with Gasteiger partial charge < -0.3 is 15.0 Å². The number of pyridine rings is 1. The van der Waals surface area contributed by atoms with Gasteiger partial charge in [0.1, 0.15) is 0 Å². The Morgan fingerprint density at radius 1 is 1.12 bits per heavy atom. The highest BCUT2D eigenvalue weighted by molar-refractivity contribution is 5.81. The van der Waals surface area contributed by atoms with Crippen molar-refractivity contribution in [3.63, 3.8) is 0 Å². The van der Waals surface area contributed by atoms with Crippen LogP contribution in [-0.2, 0) is 11.3 Å². The Kier molecular flexibility index (Phi) is 5.74. The molecule has 3 heterocycles. The SMILES string of the molecule is CN1[C@@H]2Cn3c(ccc(/C=C/c4ccccc4)c3=O)[C@H]1[C@@H](C(=O)NC1CCCC1)[C@@H]2CO. The third-order valence-electron chi connectivity index (χ3n) is 7.64. The standard InChI is InChI=1S/C26H31N3O3/c1-28-22-15-29-21(14-13-18(26(29)32)12-11-17-7-3-2-4-8-17)24(28)23(20(22)16-30)25(31)27-19-9-5-6-10-19/h2-4,7-8,11-14,19-20,22-24,30H,5-6,9-10,15-16H2,1H3,(H,27,31)/b12-11+/t20-,22-,23+,24+/m1/s1. The number of likely N-dealkylation sites (N-methyl/N-ethyl adjacent to an activating group) is 1. The van der Waals surface area contributed by atoms with E-state index in [0.717, 1.165) is 36.9 Å². The molecule has 168 valence electrons. The summed E-state index contributed by atoms with van der Waals surface area (Å²) in [6.45, 7) is 0.435. The molecule has 4 atom stereocenters. The van der Waals surface area contributed by atoms with Crippen molar-refractivity contribution in [1.29, 1.82) is 0 Å². The van der Waals surface area contributed by atoms with Crippen LogP contribution in [0.25, 0.3) is 12.2 Å². The van der Waals surface area contributed by atoms with Crippen LogP contribution in [0.2, 0.25) is 0 Å². The van der Waals surface area contributed by atoms with Crippen molar-refractivity contribution in [1.82, 2.24) is 14.8 Å². The zero-order valence-corrected chi connectivity index (χ0v) is 18.5. The normalized spacial score (nSPS) is 27.7. The predicted molar refractivity (Wildman–Crippen MR) is 125 cm³/mol. The number of nitrogens with one attached hydrogen (secondary N) is 1. The molecule has 2 aromatic rings. The molecule has 1 aromatic carbocycles. The monoisotopic (exact) mass is 433 g/mol. The van der Waals surface area contributed by atoms with Gasteiger partial charge in [-0.15, -0.1) is 0 Å². The maximum Gasteiger partial charge on any atom is 0.258 e. The highest BCUT2D eigenvalue weighted by Gasteiger charge is 2.54. The molecule has 1 aromatic heterocycles. The van der Waals surface area contributed by atoms with Crippen molar-refractivity contribution >= 4 is 18.1 Å².